The van der Waals surface area contributed by atoms with Gasteiger partial charge in [0.15, 0.2) is 0 Å². The van der Waals surface area contributed by atoms with Gasteiger partial charge in [-0.15, -0.1) is 0 Å². The third kappa shape index (κ3) is 5.87. The second-order valence-corrected chi connectivity index (χ2v) is 7.02. The molecule has 0 radical (unpaired) electrons. The van der Waals surface area contributed by atoms with Crippen LogP contribution >= 0.6 is 0 Å². The number of amides is 1. The lowest BCUT2D eigenvalue weighted by Crippen LogP contribution is -2.41. The summed E-state index contributed by atoms with van der Waals surface area (Å²) in [7, 11) is 0. The largest absolute Gasteiger partial charge is 0.463 e. The third-order valence-electron chi connectivity index (χ3n) is 4.98. The number of carbonyl (C=O) groups excluding carboxylic acids is 2. The molecule has 3 atom stereocenters. The molecule has 1 saturated heterocycles. The van der Waals surface area contributed by atoms with Crippen molar-refractivity contribution in [2.24, 2.45) is 0 Å². The van der Waals surface area contributed by atoms with Gasteiger partial charge in [-0.1, -0.05) is 13.3 Å². The van der Waals surface area contributed by atoms with Crippen LogP contribution in [0.15, 0.2) is 18.7 Å². The predicted molar refractivity (Wildman–Crippen MR) is 96.0 cm³/mol. The molecule has 1 amide bonds. The molecule has 0 saturated carbocycles. The third-order valence-corrected chi connectivity index (χ3v) is 4.98. The highest BCUT2D eigenvalue weighted by atomic mass is 16.5. The average Bonchev–Trinajstić information content (AvgIpc) is 3.01. The van der Waals surface area contributed by atoms with E-state index in [1.165, 1.54) is 6.92 Å². The van der Waals surface area contributed by atoms with Crippen molar-refractivity contribution in [2.45, 2.75) is 83.9 Å². The summed E-state index contributed by atoms with van der Waals surface area (Å²) in [5.41, 5.74) is 0. The number of hydrogen-bond acceptors (Lipinski definition) is 4. The number of nitrogens with zero attached hydrogens (tertiary/aromatic N) is 3. The van der Waals surface area contributed by atoms with Crippen molar-refractivity contribution in [3.8, 4) is 0 Å². The van der Waals surface area contributed by atoms with E-state index < -0.39 is 0 Å². The molecule has 0 bridgehead atoms. The van der Waals surface area contributed by atoms with Crippen LogP contribution in [-0.4, -0.2) is 45.0 Å². The van der Waals surface area contributed by atoms with E-state index in [-0.39, 0.29) is 30.1 Å². The topological polar surface area (TPSA) is 64.4 Å². The van der Waals surface area contributed by atoms with E-state index in [4.69, 9.17) is 4.74 Å². The molecule has 0 aromatic carbocycles. The van der Waals surface area contributed by atoms with Crippen LogP contribution in [0.25, 0.3) is 0 Å². The summed E-state index contributed by atoms with van der Waals surface area (Å²) in [6.07, 6.45) is 11.7. The maximum absolute atomic E-state index is 12.5. The highest BCUT2D eigenvalue weighted by molar-refractivity contribution is 5.76. The van der Waals surface area contributed by atoms with Crippen molar-refractivity contribution in [1.82, 2.24) is 14.5 Å². The second-order valence-electron chi connectivity index (χ2n) is 7.02. The van der Waals surface area contributed by atoms with Crippen molar-refractivity contribution in [2.75, 3.05) is 6.54 Å². The fourth-order valence-electron chi connectivity index (χ4n) is 3.76. The van der Waals surface area contributed by atoms with Crippen molar-refractivity contribution >= 4 is 11.9 Å². The normalized spacial score (nSPS) is 19.2. The molecule has 2 rings (SSSR count). The van der Waals surface area contributed by atoms with Gasteiger partial charge in [0.1, 0.15) is 6.10 Å². The molecule has 25 heavy (non-hydrogen) atoms. The van der Waals surface area contributed by atoms with Gasteiger partial charge < -0.3 is 14.2 Å². The van der Waals surface area contributed by atoms with E-state index in [9.17, 15) is 9.59 Å². The van der Waals surface area contributed by atoms with E-state index in [1.807, 2.05) is 19.4 Å². The SMILES string of the molecule is CCC(CC(CC(C)OC(C)=O)n1ccnc1)N1CCCCCC1=O. The number of hydrogen-bond donors (Lipinski definition) is 0. The first-order valence-electron chi connectivity index (χ1n) is 9.45. The standard InChI is InChI=1S/C19H31N3O3/c1-4-17(22-10-7-5-6-8-19(22)24)13-18(21-11-9-20-14-21)12-15(2)25-16(3)23/h9,11,14-15,17-18H,4-8,10,12-13H2,1-3H3. The van der Waals surface area contributed by atoms with Crippen LogP contribution in [0.4, 0.5) is 0 Å². The summed E-state index contributed by atoms with van der Waals surface area (Å²) in [6.45, 7) is 6.35. The highest BCUT2D eigenvalue weighted by Crippen LogP contribution is 2.27. The smallest absolute Gasteiger partial charge is 0.302 e. The van der Waals surface area contributed by atoms with Gasteiger partial charge in [-0.25, -0.2) is 4.98 Å². The zero-order chi connectivity index (χ0) is 18.2. The van der Waals surface area contributed by atoms with Gasteiger partial charge in [-0.05, 0) is 32.6 Å². The Labute approximate surface area is 150 Å². The minimum atomic E-state index is -0.258. The summed E-state index contributed by atoms with van der Waals surface area (Å²) in [5, 5.41) is 0. The van der Waals surface area contributed by atoms with Crippen LogP contribution in [0.1, 0.15) is 71.8 Å². The van der Waals surface area contributed by atoms with Gasteiger partial charge >= 0.3 is 5.97 Å². The number of imidazole rings is 1. The maximum Gasteiger partial charge on any atom is 0.302 e. The Kier molecular flexibility index (Phi) is 7.47. The maximum atomic E-state index is 12.5. The Balaban J connectivity index is 2.10. The van der Waals surface area contributed by atoms with E-state index in [0.717, 1.165) is 38.6 Å². The molecule has 3 unspecified atom stereocenters. The molecule has 1 fully saturated rings. The molecule has 0 spiro atoms. The number of esters is 1. The van der Waals surface area contributed by atoms with E-state index in [1.54, 1.807) is 6.20 Å². The molecule has 2 heterocycles. The summed E-state index contributed by atoms with van der Waals surface area (Å²) in [4.78, 5) is 30.0. The summed E-state index contributed by atoms with van der Waals surface area (Å²) >= 11 is 0. The molecule has 0 N–H and O–H groups in total. The molecule has 1 aliphatic heterocycles. The monoisotopic (exact) mass is 349 g/mol. The summed E-state index contributed by atoms with van der Waals surface area (Å²) in [6, 6.07) is 0.361. The fraction of sp³-hybridized carbons (Fsp3) is 0.737. The summed E-state index contributed by atoms with van der Waals surface area (Å²) in [5.74, 6) is 0.0217. The van der Waals surface area contributed by atoms with Crippen LogP contribution < -0.4 is 0 Å². The van der Waals surface area contributed by atoms with Crippen LogP contribution in [0.3, 0.4) is 0 Å². The van der Waals surface area contributed by atoms with Crippen molar-refractivity contribution in [3.63, 3.8) is 0 Å². The molecular weight excluding hydrogens is 318 g/mol. The van der Waals surface area contributed by atoms with Crippen molar-refractivity contribution in [3.05, 3.63) is 18.7 Å². The molecule has 1 aromatic rings. The zero-order valence-corrected chi connectivity index (χ0v) is 15.7. The number of ether oxygens (including phenoxy) is 1. The minimum absolute atomic E-state index is 0.151. The Morgan fingerprint density at radius 3 is 2.72 bits per heavy atom. The molecule has 140 valence electrons. The van der Waals surface area contributed by atoms with Gasteiger partial charge in [0.2, 0.25) is 5.91 Å². The lowest BCUT2D eigenvalue weighted by Gasteiger charge is -2.34. The quantitative estimate of drug-likeness (QED) is 0.675. The Morgan fingerprint density at radius 2 is 2.08 bits per heavy atom. The minimum Gasteiger partial charge on any atom is -0.463 e. The predicted octanol–water partition coefficient (Wildman–Crippen LogP) is 3.34. The fourth-order valence-corrected chi connectivity index (χ4v) is 3.76. The molecule has 6 nitrogen and oxygen atoms in total. The second kappa shape index (κ2) is 9.59. The first-order chi connectivity index (χ1) is 12.0. The van der Waals surface area contributed by atoms with Crippen molar-refractivity contribution < 1.29 is 14.3 Å². The van der Waals surface area contributed by atoms with Gasteiger partial charge in [0.25, 0.3) is 0 Å². The van der Waals surface area contributed by atoms with Crippen LogP contribution in [0.5, 0.6) is 0 Å². The molecule has 6 heteroatoms. The zero-order valence-electron chi connectivity index (χ0n) is 15.7. The molecule has 1 aliphatic rings. The van der Waals surface area contributed by atoms with Gasteiger partial charge in [-0.3, -0.25) is 9.59 Å². The number of aromatic nitrogens is 2. The van der Waals surface area contributed by atoms with Crippen LogP contribution in [0, 0.1) is 0 Å². The Morgan fingerprint density at radius 1 is 1.28 bits per heavy atom. The van der Waals surface area contributed by atoms with E-state index >= 15 is 0 Å². The first kappa shape index (κ1) is 19.5. The first-order valence-corrected chi connectivity index (χ1v) is 9.45. The molecule has 0 aliphatic carbocycles. The lowest BCUT2D eigenvalue weighted by molar-refractivity contribution is -0.146. The van der Waals surface area contributed by atoms with Crippen LogP contribution in [-0.2, 0) is 14.3 Å². The summed E-state index contributed by atoms with van der Waals surface area (Å²) < 4.78 is 7.40. The average molecular weight is 349 g/mol. The Bertz CT molecular complexity index is 544. The molecule has 1 aromatic heterocycles. The van der Waals surface area contributed by atoms with Gasteiger partial charge in [0, 0.05) is 50.8 Å². The molecular formula is C19H31N3O3. The Hall–Kier alpha value is -1.85. The van der Waals surface area contributed by atoms with Crippen molar-refractivity contribution in [1.29, 1.82) is 0 Å². The van der Waals surface area contributed by atoms with Crippen LogP contribution in [0.2, 0.25) is 0 Å². The highest BCUT2D eigenvalue weighted by Gasteiger charge is 2.28. The van der Waals surface area contributed by atoms with E-state index in [0.29, 0.717) is 12.8 Å². The van der Waals surface area contributed by atoms with E-state index in [2.05, 4.69) is 21.4 Å². The van der Waals surface area contributed by atoms with Gasteiger partial charge in [-0.2, -0.15) is 0 Å². The number of carbonyl (C=O) groups is 2. The van der Waals surface area contributed by atoms with Gasteiger partial charge in [0.05, 0.1) is 6.33 Å². The number of rotatable bonds is 8. The lowest BCUT2D eigenvalue weighted by atomic mass is 9.98. The number of likely N-dealkylation sites (tertiary alicyclic amines) is 1.